The predicted octanol–water partition coefficient (Wildman–Crippen LogP) is 1.75. The number of carbonyl (C=O) groups is 1. The molecule has 0 aliphatic heterocycles. The average Bonchev–Trinajstić information content (AvgIpc) is 2.37. The molecule has 18 heavy (non-hydrogen) atoms. The average molecular weight is 270 g/mol. The monoisotopic (exact) mass is 270 g/mol. The van der Waals surface area contributed by atoms with Crippen molar-refractivity contribution < 1.29 is 18.5 Å². The summed E-state index contributed by atoms with van der Waals surface area (Å²) in [5.41, 5.74) is 0.935. The largest absolute Gasteiger partial charge is 0.497 e. The molecule has 0 amide bonds. The summed E-state index contributed by atoms with van der Waals surface area (Å²) >= 11 is 0. The first kappa shape index (κ1) is 14.7. The van der Waals surface area contributed by atoms with Gasteiger partial charge in [0.1, 0.15) is 5.75 Å². The topological polar surface area (TPSA) is 52.6 Å². The molecule has 0 spiro atoms. The summed E-state index contributed by atoms with van der Waals surface area (Å²) in [5, 5.41) is 0. The minimum Gasteiger partial charge on any atom is -0.497 e. The third-order valence-electron chi connectivity index (χ3n) is 2.50. The number of hydrogen-bond acceptors (Lipinski definition) is 4. The molecule has 2 unspecified atom stereocenters. The fourth-order valence-electron chi connectivity index (χ4n) is 1.56. The van der Waals surface area contributed by atoms with Gasteiger partial charge in [-0.25, -0.2) is 0 Å². The molecule has 2 atom stereocenters. The van der Waals surface area contributed by atoms with Gasteiger partial charge in [0.15, 0.2) is 0 Å². The highest BCUT2D eigenvalue weighted by Crippen LogP contribution is 2.15. The lowest BCUT2D eigenvalue weighted by Crippen LogP contribution is -2.20. The molecule has 4 nitrogen and oxygen atoms in total. The van der Waals surface area contributed by atoms with Crippen LogP contribution in [0, 0.1) is 5.92 Å². The summed E-state index contributed by atoms with van der Waals surface area (Å²) in [7, 11) is 1.84. The van der Waals surface area contributed by atoms with E-state index in [2.05, 4.69) is 4.74 Å². The lowest BCUT2D eigenvalue weighted by Gasteiger charge is -2.09. The Bertz CT molecular complexity index is 431. The van der Waals surface area contributed by atoms with Crippen molar-refractivity contribution >= 4 is 16.8 Å². The van der Waals surface area contributed by atoms with Gasteiger partial charge >= 0.3 is 5.97 Å². The van der Waals surface area contributed by atoms with Gasteiger partial charge in [-0.3, -0.25) is 9.00 Å². The number of rotatable bonds is 6. The maximum atomic E-state index is 11.9. The molecule has 1 aromatic rings. The van der Waals surface area contributed by atoms with Gasteiger partial charge in [-0.05, 0) is 17.7 Å². The van der Waals surface area contributed by atoms with Crippen LogP contribution in [0.5, 0.6) is 5.75 Å². The fourth-order valence-corrected chi connectivity index (χ4v) is 2.92. The summed E-state index contributed by atoms with van der Waals surface area (Å²) in [5.74, 6) is 0.795. The van der Waals surface area contributed by atoms with E-state index < -0.39 is 10.8 Å². The molecule has 5 heteroatoms. The molecule has 0 aromatic heterocycles. The van der Waals surface area contributed by atoms with E-state index in [4.69, 9.17) is 4.74 Å². The molecular weight excluding hydrogens is 252 g/mol. The van der Waals surface area contributed by atoms with Crippen molar-refractivity contribution in [2.75, 3.05) is 20.0 Å². The number of methoxy groups -OCH3 is 2. The van der Waals surface area contributed by atoms with Crippen molar-refractivity contribution in [3.05, 3.63) is 29.8 Å². The summed E-state index contributed by atoms with van der Waals surface area (Å²) < 4.78 is 21.6. The Hall–Kier alpha value is -1.36. The van der Waals surface area contributed by atoms with Crippen LogP contribution in [0.3, 0.4) is 0 Å². The molecule has 0 N–H and O–H groups in total. The molecule has 0 bridgehead atoms. The summed E-state index contributed by atoms with van der Waals surface area (Å²) in [4.78, 5) is 11.2. The van der Waals surface area contributed by atoms with Crippen molar-refractivity contribution in [2.24, 2.45) is 5.92 Å². The summed E-state index contributed by atoms with van der Waals surface area (Å²) in [6.07, 6.45) is 0. The minimum atomic E-state index is -1.09. The Balaban J connectivity index is 2.56. The quantitative estimate of drug-likeness (QED) is 0.739. The van der Waals surface area contributed by atoms with Gasteiger partial charge in [0.05, 0.1) is 20.1 Å². The first-order chi connectivity index (χ1) is 8.56. The van der Waals surface area contributed by atoms with Crippen molar-refractivity contribution in [2.45, 2.75) is 12.7 Å². The number of hydrogen-bond donors (Lipinski definition) is 0. The SMILES string of the molecule is COC(=O)C(C)CS(=O)Cc1cccc(OC)c1. The van der Waals surface area contributed by atoms with E-state index in [0.717, 1.165) is 11.3 Å². The number of carbonyl (C=O) groups excluding carboxylic acids is 1. The van der Waals surface area contributed by atoms with E-state index in [1.165, 1.54) is 7.11 Å². The molecule has 0 aliphatic carbocycles. The van der Waals surface area contributed by atoms with Gasteiger partial charge < -0.3 is 9.47 Å². The molecule has 1 aromatic carbocycles. The second-order valence-corrected chi connectivity index (χ2v) is 5.53. The van der Waals surface area contributed by atoms with Crippen LogP contribution >= 0.6 is 0 Å². The molecular formula is C13H18O4S. The van der Waals surface area contributed by atoms with Crippen LogP contribution < -0.4 is 4.74 Å². The van der Waals surface area contributed by atoms with Crippen molar-refractivity contribution in [3.8, 4) is 5.75 Å². The van der Waals surface area contributed by atoms with Crippen LogP contribution in [0.1, 0.15) is 12.5 Å². The Kier molecular flexibility index (Phi) is 5.85. The maximum absolute atomic E-state index is 11.9. The lowest BCUT2D eigenvalue weighted by molar-refractivity contribution is -0.144. The highest BCUT2D eigenvalue weighted by molar-refractivity contribution is 7.84. The van der Waals surface area contributed by atoms with Crippen LogP contribution in [0.15, 0.2) is 24.3 Å². The third-order valence-corrected chi connectivity index (χ3v) is 4.03. The molecule has 0 fully saturated rings. The van der Waals surface area contributed by atoms with Gasteiger partial charge in [0.2, 0.25) is 0 Å². The maximum Gasteiger partial charge on any atom is 0.309 e. The summed E-state index contributed by atoms with van der Waals surface area (Å²) in [6.45, 7) is 1.72. The zero-order valence-corrected chi connectivity index (χ0v) is 11.7. The van der Waals surface area contributed by atoms with Crippen LogP contribution in [0.4, 0.5) is 0 Å². The fraction of sp³-hybridized carbons (Fsp3) is 0.462. The van der Waals surface area contributed by atoms with E-state index in [-0.39, 0.29) is 11.9 Å². The van der Waals surface area contributed by atoms with Gasteiger partial charge in [0.25, 0.3) is 0 Å². The molecule has 0 radical (unpaired) electrons. The number of esters is 1. The van der Waals surface area contributed by atoms with Crippen LogP contribution in [-0.4, -0.2) is 30.2 Å². The Morgan fingerprint density at radius 2 is 2.11 bits per heavy atom. The Morgan fingerprint density at radius 1 is 1.39 bits per heavy atom. The smallest absolute Gasteiger partial charge is 0.309 e. The van der Waals surface area contributed by atoms with E-state index >= 15 is 0 Å². The van der Waals surface area contributed by atoms with E-state index in [0.29, 0.717) is 11.5 Å². The molecule has 0 heterocycles. The standard InChI is InChI=1S/C13H18O4S/c1-10(13(14)17-3)8-18(15)9-11-5-4-6-12(7-11)16-2/h4-7,10H,8-9H2,1-3H3. The molecule has 100 valence electrons. The normalized spacial score (nSPS) is 13.7. The second kappa shape index (κ2) is 7.16. The molecule has 1 rings (SSSR count). The van der Waals surface area contributed by atoms with Crippen molar-refractivity contribution in [3.63, 3.8) is 0 Å². The summed E-state index contributed by atoms with van der Waals surface area (Å²) in [6, 6.07) is 7.43. The highest BCUT2D eigenvalue weighted by Gasteiger charge is 2.16. The first-order valence-corrected chi connectivity index (χ1v) is 7.11. The zero-order chi connectivity index (χ0) is 13.5. The zero-order valence-electron chi connectivity index (χ0n) is 10.8. The van der Waals surface area contributed by atoms with Crippen molar-refractivity contribution in [1.82, 2.24) is 0 Å². The second-order valence-electron chi connectivity index (χ2n) is 4.03. The van der Waals surface area contributed by atoms with E-state index in [1.54, 1.807) is 14.0 Å². The van der Waals surface area contributed by atoms with Gasteiger partial charge in [-0.2, -0.15) is 0 Å². The third kappa shape index (κ3) is 4.49. The lowest BCUT2D eigenvalue weighted by atomic mass is 10.2. The van der Waals surface area contributed by atoms with Crippen LogP contribution in [0.2, 0.25) is 0 Å². The van der Waals surface area contributed by atoms with Gasteiger partial charge in [0, 0.05) is 22.3 Å². The van der Waals surface area contributed by atoms with Gasteiger partial charge in [-0.15, -0.1) is 0 Å². The Morgan fingerprint density at radius 3 is 2.72 bits per heavy atom. The predicted molar refractivity (Wildman–Crippen MR) is 70.9 cm³/mol. The molecule has 0 aliphatic rings. The first-order valence-electron chi connectivity index (χ1n) is 5.62. The number of benzene rings is 1. The number of ether oxygens (including phenoxy) is 2. The Labute approximate surface area is 110 Å². The van der Waals surface area contributed by atoms with Crippen LogP contribution in [0.25, 0.3) is 0 Å². The minimum absolute atomic E-state index is 0.309. The van der Waals surface area contributed by atoms with E-state index in [9.17, 15) is 9.00 Å². The molecule has 0 saturated heterocycles. The molecule has 0 saturated carbocycles. The van der Waals surface area contributed by atoms with Crippen molar-refractivity contribution in [1.29, 1.82) is 0 Å². The highest BCUT2D eigenvalue weighted by atomic mass is 32.2. The van der Waals surface area contributed by atoms with Gasteiger partial charge in [-0.1, -0.05) is 19.1 Å². The van der Waals surface area contributed by atoms with Crippen LogP contribution in [-0.2, 0) is 26.1 Å². The van der Waals surface area contributed by atoms with E-state index in [1.807, 2.05) is 24.3 Å².